The van der Waals surface area contributed by atoms with E-state index in [9.17, 15) is 0 Å². The van der Waals surface area contributed by atoms with Gasteiger partial charge in [0.25, 0.3) is 0 Å². The summed E-state index contributed by atoms with van der Waals surface area (Å²) < 4.78 is 11.1. The second-order valence-electron chi connectivity index (χ2n) is 7.80. The lowest BCUT2D eigenvalue weighted by atomic mass is 9.90. The first-order chi connectivity index (χ1) is 11.7. The van der Waals surface area contributed by atoms with E-state index in [1.165, 1.54) is 13.0 Å². The van der Waals surface area contributed by atoms with Gasteiger partial charge >= 0.3 is 0 Å². The number of guanidine groups is 1. The zero-order chi connectivity index (χ0) is 16.8. The normalized spacial score (nSPS) is 31.2. The largest absolute Gasteiger partial charge is 0.381 e. The van der Waals surface area contributed by atoms with Gasteiger partial charge in [0.2, 0.25) is 0 Å². The van der Waals surface area contributed by atoms with E-state index in [1.807, 2.05) is 0 Å². The van der Waals surface area contributed by atoms with E-state index in [-0.39, 0.29) is 29.4 Å². The van der Waals surface area contributed by atoms with Crippen LogP contribution in [-0.4, -0.2) is 88.0 Å². The minimum atomic E-state index is 0. The molecule has 3 heterocycles. The Morgan fingerprint density at radius 1 is 1.20 bits per heavy atom. The quantitative estimate of drug-likeness (QED) is 0.380. The van der Waals surface area contributed by atoms with Gasteiger partial charge in [-0.1, -0.05) is 6.92 Å². The molecule has 0 saturated carbocycles. The summed E-state index contributed by atoms with van der Waals surface area (Å²) in [6.45, 7) is 15.4. The summed E-state index contributed by atoms with van der Waals surface area (Å²) >= 11 is 0. The van der Waals surface area contributed by atoms with Crippen molar-refractivity contribution < 1.29 is 9.47 Å². The summed E-state index contributed by atoms with van der Waals surface area (Å²) in [7, 11) is 0. The molecule has 3 rings (SSSR count). The van der Waals surface area contributed by atoms with Gasteiger partial charge in [0, 0.05) is 57.9 Å². The Hall–Kier alpha value is -0.120. The van der Waals surface area contributed by atoms with Gasteiger partial charge in [0.1, 0.15) is 0 Å². The third-order valence-electron chi connectivity index (χ3n) is 5.46. The maximum atomic E-state index is 5.56. The standard InChI is InChI=1S/C18H34N4O2.HI/c1-3-19-17(20-14-18(2)5-11-24-15-18)22-8-6-21(7-9-22)12-16-4-10-23-13-16;/h16H,3-15H2,1-2H3,(H,19,20);1H. The first-order valence-electron chi connectivity index (χ1n) is 9.60. The van der Waals surface area contributed by atoms with Gasteiger partial charge in [-0.3, -0.25) is 9.89 Å². The van der Waals surface area contributed by atoms with E-state index in [0.717, 1.165) is 84.0 Å². The van der Waals surface area contributed by atoms with Gasteiger partial charge in [-0.25, -0.2) is 0 Å². The lowest BCUT2D eigenvalue weighted by molar-refractivity contribution is 0.138. The number of ether oxygens (including phenoxy) is 2. The molecular weight excluding hydrogens is 431 g/mol. The summed E-state index contributed by atoms with van der Waals surface area (Å²) in [5, 5.41) is 3.48. The van der Waals surface area contributed by atoms with Crippen LogP contribution in [0, 0.1) is 11.3 Å². The molecule has 6 nitrogen and oxygen atoms in total. The molecule has 0 spiro atoms. The second-order valence-corrected chi connectivity index (χ2v) is 7.80. The molecule has 0 aromatic rings. The molecule has 0 aromatic carbocycles. The van der Waals surface area contributed by atoms with Crippen molar-refractivity contribution in [3.8, 4) is 0 Å². The lowest BCUT2D eigenvalue weighted by Crippen LogP contribution is -2.53. The Morgan fingerprint density at radius 2 is 2.00 bits per heavy atom. The smallest absolute Gasteiger partial charge is 0.194 e. The fourth-order valence-electron chi connectivity index (χ4n) is 3.76. The lowest BCUT2D eigenvalue weighted by Gasteiger charge is -2.37. The van der Waals surface area contributed by atoms with E-state index in [1.54, 1.807) is 0 Å². The predicted octanol–water partition coefficient (Wildman–Crippen LogP) is 1.65. The molecular formula is C18H35IN4O2. The van der Waals surface area contributed by atoms with Gasteiger partial charge in [-0.2, -0.15) is 0 Å². The third kappa shape index (κ3) is 6.22. The molecule has 0 bridgehead atoms. The second kappa shape index (κ2) is 10.3. The highest BCUT2D eigenvalue weighted by Gasteiger charge is 2.30. The van der Waals surface area contributed by atoms with Crippen molar-refractivity contribution in [3.63, 3.8) is 0 Å². The number of nitrogens with one attached hydrogen (secondary N) is 1. The first-order valence-corrected chi connectivity index (χ1v) is 9.60. The highest BCUT2D eigenvalue weighted by atomic mass is 127. The van der Waals surface area contributed by atoms with Crippen molar-refractivity contribution in [1.29, 1.82) is 0 Å². The van der Waals surface area contributed by atoms with Crippen LogP contribution in [0.4, 0.5) is 0 Å². The number of piperazine rings is 1. The summed E-state index contributed by atoms with van der Waals surface area (Å²) in [5.74, 6) is 1.82. The SMILES string of the molecule is CCNC(=NCC1(C)CCOC1)N1CCN(CC2CCOC2)CC1.I. The van der Waals surface area contributed by atoms with E-state index >= 15 is 0 Å². The molecule has 0 amide bonds. The molecule has 3 fully saturated rings. The third-order valence-corrected chi connectivity index (χ3v) is 5.46. The molecule has 146 valence electrons. The Morgan fingerprint density at radius 3 is 2.60 bits per heavy atom. The van der Waals surface area contributed by atoms with Crippen LogP contribution < -0.4 is 5.32 Å². The highest BCUT2D eigenvalue weighted by molar-refractivity contribution is 14.0. The molecule has 0 aromatic heterocycles. The molecule has 2 atom stereocenters. The number of hydrogen-bond donors (Lipinski definition) is 1. The van der Waals surface area contributed by atoms with E-state index in [0.29, 0.717) is 0 Å². The maximum absolute atomic E-state index is 5.56. The van der Waals surface area contributed by atoms with E-state index in [4.69, 9.17) is 14.5 Å². The molecule has 3 aliphatic rings. The number of halogens is 1. The Bertz CT molecular complexity index is 415. The fourth-order valence-corrected chi connectivity index (χ4v) is 3.76. The zero-order valence-electron chi connectivity index (χ0n) is 15.8. The van der Waals surface area contributed by atoms with Crippen molar-refractivity contribution in [1.82, 2.24) is 15.1 Å². The zero-order valence-corrected chi connectivity index (χ0v) is 18.2. The van der Waals surface area contributed by atoms with Crippen molar-refractivity contribution in [2.75, 3.05) is 72.2 Å². The summed E-state index contributed by atoms with van der Waals surface area (Å²) in [4.78, 5) is 9.94. The van der Waals surface area contributed by atoms with Crippen LogP contribution in [0.2, 0.25) is 0 Å². The average molecular weight is 466 g/mol. The van der Waals surface area contributed by atoms with Gasteiger partial charge in [0.05, 0.1) is 19.8 Å². The number of nitrogens with zero attached hydrogens (tertiary/aromatic N) is 3. The predicted molar refractivity (Wildman–Crippen MR) is 112 cm³/mol. The maximum Gasteiger partial charge on any atom is 0.194 e. The van der Waals surface area contributed by atoms with Gasteiger partial charge < -0.3 is 19.7 Å². The van der Waals surface area contributed by atoms with E-state index < -0.39 is 0 Å². The Balaban J connectivity index is 0.00000225. The molecule has 7 heteroatoms. The molecule has 0 radical (unpaired) electrons. The minimum Gasteiger partial charge on any atom is -0.381 e. The molecule has 1 N–H and O–H groups in total. The van der Waals surface area contributed by atoms with Crippen LogP contribution in [0.5, 0.6) is 0 Å². The molecule has 3 aliphatic heterocycles. The van der Waals surface area contributed by atoms with Crippen LogP contribution >= 0.6 is 24.0 Å². The molecule has 25 heavy (non-hydrogen) atoms. The summed E-state index contributed by atoms with van der Waals surface area (Å²) in [6, 6.07) is 0. The van der Waals surface area contributed by atoms with Crippen LogP contribution in [0.15, 0.2) is 4.99 Å². The van der Waals surface area contributed by atoms with Crippen molar-refractivity contribution in [2.24, 2.45) is 16.3 Å². The monoisotopic (exact) mass is 466 g/mol. The van der Waals surface area contributed by atoms with Crippen LogP contribution in [0.25, 0.3) is 0 Å². The molecule has 3 saturated heterocycles. The minimum absolute atomic E-state index is 0. The number of hydrogen-bond acceptors (Lipinski definition) is 4. The van der Waals surface area contributed by atoms with Crippen LogP contribution in [-0.2, 0) is 9.47 Å². The van der Waals surface area contributed by atoms with Gasteiger partial charge in [-0.05, 0) is 25.7 Å². The number of aliphatic imine (C=N–C) groups is 1. The summed E-state index contributed by atoms with van der Waals surface area (Å²) in [5.41, 5.74) is 0.213. The van der Waals surface area contributed by atoms with Crippen molar-refractivity contribution in [2.45, 2.75) is 26.7 Å². The van der Waals surface area contributed by atoms with Gasteiger partial charge in [0.15, 0.2) is 5.96 Å². The Kier molecular flexibility index (Phi) is 8.71. The Labute approximate surface area is 169 Å². The van der Waals surface area contributed by atoms with E-state index in [2.05, 4.69) is 29.0 Å². The van der Waals surface area contributed by atoms with Crippen molar-refractivity contribution in [3.05, 3.63) is 0 Å². The van der Waals surface area contributed by atoms with Crippen LogP contribution in [0.3, 0.4) is 0 Å². The number of rotatable bonds is 5. The molecule has 0 aliphatic carbocycles. The topological polar surface area (TPSA) is 49.3 Å². The van der Waals surface area contributed by atoms with Gasteiger partial charge in [-0.15, -0.1) is 24.0 Å². The highest BCUT2D eigenvalue weighted by Crippen LogP contribution is 2.28. The average Bonchev–Trinajstić information content (AvgIpc) is 3.25. The summed E-state index contributed by atoms with van der Waals surface area (Å²) in [6.07, 6.45) is 2.35. The fraction of sp³-hybridized carbons (Fsp3) is 0.944. The first kappa shape index (κ1) is 21.2. The van der Waals surface area contributed by atoms with Crippen LogP contribution in [0.1, 0.15) is 26.7 Å². The molecule has 2 unspecified atom stereocenters. The van der Waals surface area contributed by atoms with Crippen molar-refractivity contribution >= 4 is 29.9 Å².